The number of hydrogen-bond donors (Lipinski definition) is 2. The maximum absolute atomic E-state index is 13.2. The van der Waals surface area contributed by atoms with Crippen molar-refractivity contribution in [2.45, 2.75) is 33.1 Å². The molecule has 0 saturated carbocycles. The quantitative estimate of drug-likeness (QED) is 0.384. The summed E-state index contributed by atoms with van der Waals surface area (Å²) in [7, 11) is 0. The molecule has 0 spiro atoms. The Morgan fingerprint density at radius 1 is 1.14 bits per heavy atom. The van der Waals surface area contributed by atoms with Crippen molar-refractivity contribution in [3.8, 4) is 17.0 Å². The van der Waals surface area contributed by atoms with Crippen molar-refractivity contribution in [1.82, 2.24) is 4.98 Å². The summed E-state index contributed by atoms with van der Waals surface area (Å²) in [5.74, 6) is 1.24. The number of anilines is 2. The number of amides is 1. The minimum absolute atomic E-state index is 0.00204. The molecule has 0 fully saturated rings. The molecule has 0 bridgehead atoms. The smallest absolute Gasteiger partial charge is 0.246 e. The SMILES string of the molecule is Cc1ccc(-c2ccc(C(C)C)cn2)cc1NCC(=O)N1CCc2c(OCCOCCO)cccc21. The molecular weight excluding hydrogens is 454 g/mol. The molecule has 0 unspecified atom stereocenters. The summed E-state index contributed by atoms with van der Waals surface area (Å²) in [6.07, 6.45) is 2.68. The first-order valence-corrected chi connectivity index (χ1v) is 12.5. The summed E-state index contributed by atoms with van der Waals surface area (Å²) in [4.78, 5) is 19.6. The number of rotatable bonds is 11. The molecule has 2 aromatic carbocycles. The van der Waals surface area contributed by atoms with E-state index >= 15 is 0 Å². The third-order valence-electron chi connectivity index (χ3n) is 6.42. The average molecular weight is 490 g/mol. The van der Waals surface area contributed by atoms with Gasteiger partial charge in [0.1, 0.15) is 12.4 Å². The highest BCUT2D eigenvalue weighted by atomic mass is 16.5. The minimum Gasteiger partial charge on any atom is -0.491 e. The van der Waals surface area contributed by atoms with Gasteiger partial charge in [-0.3, -0.25) is 9.78 Å². The van der Waals surface area contributed by atoms with Gasteiger partial charge in [-0.05, 0) is 54.7 Å². The molecule has 7 nitrogen and oxygen atoms in total. The number of pyridine rings is 1. The molecule has 2 heterocycles. The van der Waals surface area contributed by atoms with E-state index in [9.17, 15) is 4.79 Å². The number of hydrogen-bond acceptors (Lipinski definition) is 6. The predicted octanol–water partition coefficient (Wildman–Crippen LogP) is 4.57. The van der Waals surface area contributed by atoms with Crippen molar-refractivity contribution in [1.29, 1.82) is 0 Å². The van der Waals surface area contributed by atoms with Crippen molar-refractivity contribution in [2.75, 3.05) is 49.7 Å². The van der Waals surface area contributed by atoms with Gasteiger partial charge < -0.3 is 24.8 Å². The highest BCUT2D eigenvalue weighted by Gasteiger charge is 2.27. The van der Waals surface area contributed by atoms with Gasteiger partial charge in [0.05, 0.1) is 37.7 Å². The molecule has 0 aliphatic carbocycles. The predicted molar refractivity (Wildman–Crippen MR) is 143 cm³/mol. The molecule has 1 aliphatic heterocycles. The molecular formula is C29H35N3O4. The lowest BCUT2D eigenvalue weighted by Gasteiger charge is -2.19. The topological polar surface area (TPSA) is 83.9 Å². The van der Waals surface area contributed by atoms with Gasteiger partial charge in [0.2, 0.25) is 5.91 Å². The van der Waals surface area contributed by atoms with Crippen LogP contribution in [0.15, 0.2) is 54.7 Å². The van der Waals surface area contributed by atoms with Gasteiger partial charge in [0.25, 0.3) is 0 Å². The Hall–Kier alpha value is -3.42. The van der Waals surface area contributed by atoms with Crippen molar-refractivity contribution in [3.05, 3.63) is 71.4 Å². The largest absolute Gasteiger partial charge is 0.491 e. The van der Waals surface area contributed by atoms with Crippen molar-refractivity contribution >= 4 is 17.3 Å². The number of nitrogens with zero attached hydrogens (tertiary/aromatic N) is 2. The van der Waals surface area contributed by atoms with Gasteiger partial charge in [-0.1, -0.05) is 38.1 Å². The van der Waals surface area contributed by atoms with Crippen LogP contribution in [0.1, 0.15) is 36.5 Å². The molecule has 1 aliphatic rings. The Labute approximate surface area is 213 Å². The number of aliphatic hydroxyl groups excluding tert-OH is 1. The number of ether oxygens (including phenoxy) is 2. The van der Waals surface area contributed by atoms with E-state index in [0.717, 1.165) is 45.9 Å². The van der Waals surface area contributed by atoms with Crippen LogP contribution < -0.4 is 15.0 Å². The van der Waals surface area contributed by atoms with Crippen LogP contribution in [0.3, 0.4) is 0 Å². The zero-order valence-corrected chi connectivity index (χ0v) is 21.3. The van der Waals surface area contributed by atoms with Crippen molar-refractivity contribution in [3.63, 3.8) is 0 Å². The zero-order chi connectivity index (χ0) is 25.5. The van der Waals surface area contributed by atoms with Crippen LogP contribution in [0.2, 0.25) is 0 Å². The Balaban J connectivity index is 1.40. The molecule has 0 radical (unpaired) electrons. The standard InChI is InChI=1S/C29H35N3O4/c1-20(2)23-9-10-25(30-18-23)22-8-7-21(3)26(17-22)31-19-29(34)32-12-11-24-27(32)5-4-6-28(24)36-16-15-35-14-13-33/h4-10,17-18,20,31,33H,11-16,19H2,1-3H3. The van der Waals surface area contributed by atoms with Crippen molar-refractivity contribution in [2.24, 2.45) is 0 Å². The fourth-order valence-corrected chi connectivity index (χ4v) is 4.33. The molecule has 3 aromatic rings. The number of carbonyl (C=O) groups excluding carboxylic acids is 1. The van der Waals surface area contributed by atoms with Crippen LogP contribution in [-0.4, -0.2) is 55.5 Å². The van der Waals surface area contributed by atoms with Gasteiger partial charge in [0, 0.05) is 29.6 Å². The lowest BCUT2D eigenvalue weighted by atomic mass is 10.0. The normalized spacial score (nSPS) is 12.6. The summed E-state index contributed by atoms with van der Waals surface area (Å²) in [6, 6.07) is 16.1. The van der Waals surface area contributed by atoms with Gasteiger partial charge in [0.15, 0.2) is 0 Å². The summed E-state index contributed by atoms with van der Waals surface area (Å²) in [5.41, 5.74) is 7.09. The zero-order valence-electron chi connectivity index (χ0n) is 21.3. The molecule has 7 heteroatoms. The van der Waals surface area contributed by atoms with Gasteiger partial charge >= 0.3 is 0 Å². The van der Waals surface area contributed by atoms with Gasteiger partial charge in [-0.2, -0.15) is 0 Å². The van der Waals surface area contributed by atoms with E-state index in [4.69, 9.17) is 14.6 Å². The maximum atomic E-state index is 13.2. The Morgan fingerprint density at radius 2 is 2.00 bits per heavy atom. The van der Waals surface area contributed by atoms with E-state index in [-0.39, 0.29) is 19.1 Å². The van der Waals surface area contributed by atoms with Crippen LogP contribution in [-0.2, 0) is 16.0 Å². The summed E-state index contributed by atoms with van der Waals surface area (Å²) >= 11 is 0. The first-order valence-electron chi connectivity index (χ1n) is 12.5. The van der Waals surface area contributed by atoms with Gasteiger partial charge in [-0.25, -0.2) is 0 Å². The number of nitrogens with one attached hydrogen (secondary N) is 1. The first-order chi connectivity index (χ1) is 17.5. The second kappa shape index (κ2) is 12.0. The van der Waals surface area contributed by atoms with E-state index in [1.807, 2.05) is 36.2 Å². The van der Waals surface area contributed by atoms with Crippen molar-refractivity contribution < 1.29 is 19.4 Å². The number of aromatic nitrogens is 1. The highest BCUT2D eigenvalue weighted by molar-refractivity contribution is 5.98. The average Bonchev–Trinajstić information content (AvgIpc) is 3.33. The van der Waals surface area contributed by atoms with Crippen LogP contribution >= 0.6 is 0 Å². The monoisotopic (exact) mass is 489 g/mol. The van der Waals surface area contributed by atoms with Gasteiger partial charge in [-0.15, -0.1) is 0 Å². The van der Waals surface area contributed by atoms with E-state index in [1.54, 1.807) is 0 Å². The number of carbonyl (C=O) groups is 1. The highest BCUT2D eigenvalue weighted by Crippen LogP contribution is 2.35. The van der Waals surface area contributed by atoms with Crippen LogP contribution in [0, 0.1) is 6.92 Å². The Morgan fingerprint density at radius 3 is 2.75 bits per heavy atom. The lowest BCUT2D eigenvalue weighted by Crippen LogP contribution is -2.34. The second-order valence-electron chi connectivity index (χ2n) is 9.25. The van der Waals surface area contributed by atoms with E-state index < -0.39 is 0 Å². The second-order valence-corrected chi connectivity index (χ2v) is 9.25. The molecule has 1 amide bonds. The number of benzene rings is 2. The lowest BCUT2D eigenvalue weighted by molar-refractivity contribution is -0.116. The fourth-order valence-electron chi connectivity index (χ4n) is 4.33. The summed E-state index contributed by atoms with van der Waals surface area (Å²) in [6.45, 7) is 8.28. The van der Waals surface area contributed by atoms with E-state index in [1.165, 1.54) is 5.56 Å². The number of aryl methyl sites for hydroxylation is 1. The van der Waals surface area contributed by atoms with Crippen LogP contribution in [0.25, 0.3) is 11.3 Å². The molecule has 0 atom stereocenters. The van der Waals surface area contributed by atoms with E-state index in [2.05, 4.69) is 54.5 Å². The maximum Gasteiger partial charge on any atom is 0.246 e. The molecule has 2 N–H and O–H groups in total. The third-order valence-corrected chi connectivity index (χ3v) is 6.42. The van der Waals surface area contributed by atoms with Crippen LogP contribution in [0.5, 0.6) is 5.75 Å². The summed E-state index contributed by atoms with van der Waals surface area (Å²) in [5, 5.41) is 12.1. The molecule has 4 rings (SSSR count). The summed E-state index contributed by atoms with van der Waals surface area (Å²) < 4.78 is 11.1. The first kappa shape index (κ1) is 25.7. The minimum atomic E-state index is -0.00204. The molecule has 0 saturated heterocycles. The molecule has 1 aromatic heterocycles. The number of fused-ring (bicyclic) bond motifs is 1. The Kier molecular flexibility index (Phi) is 8.57. The molecule has 36 heavy (non-hydrogen) atoms. The number of aliphatic hydroxyl groups is 1. The fraction of sp³-hybridized carbons (Fsp3) is 0.379. The molecule has 190 valence electrons. The van der Waals surface area contributed by atoms with E-state index in [0.29, 0.717) is 32.3 Å². The van der Waals surface area contributed by atoms with Crippen LogP contribution in [0.4, 0.5) is 11.4 Å². The Bertz CT molecular complexity index is 1180. The third kappa shape index (κ3) is 6.04.